The summed E-state index contributed by atoms with van der Waals surface area (Å²) in [6, 6.07) is 6.48. The molecule has 3 nitrogen and oxygen atoms in total. The second-order valence-corrected chi connectivity index (χ2v) is 5.69. The lowest BCUT2D eigenvalue weighted by molar-refractivity contribution is 0.154. The number of rotatable bonds is 5. The Morgan fingerprint density at radius 2 is 1.68 bits per heavy atom. The molecule has 0 saturated carbocycles. The summed E-state index contributed by atoms with van der Waals surface area (Å²) in [5.41, 5.74) is 4.01. The first-order chi connectivity index (χ1) is 9.16. The van der Waals surface area contributed by atoms with Crippen LogP contribution in [0.15, 0.2) is 18.2 Å². The maximum Gasteiger partial charge on any atom is 0.0399 e. The third-order valence-electron chi connectivity index (χ3n) is 4.03. The van der Waals surface area contributed by atoms with Gasteiger partial charge in [-0.05, 0) is 45.0 Å². The van der Waals surface area contributed by atoms with Gasteiger partial charge in [0.25, 0.3) is 0 Å². The van der Waals surface area contributed by atoms with Gasteiger partial charge < -0.3 is 15.1 Å². The van der Waals surface area contributed by atoms with Crippen molar-refractivity contribution in [2.24, 2.45) is 0 Å². The number of anilines is 1. The van der Waals surface area contributed by atoms with Crippen LogP contribution in [0.25, 0.3) is 0 Å². The lowest BCUT2D eigenvalue weighted by Gasteiger charge is -2.32. The highest BCUT2D eigenvalue weighted by molar-refractivity contribution is 5.56. The van der Waals surface area contributed by atoms with Gasteiger partial charge in [0, 0.05) is 38.4 Å². The minimum atomic E-state index is 1.07. The molecule has 0 radical (unpaired) electrons. The number of para-hydroxylation sites is 1. The molecular formula is C16H27N3. The van der Waals surface area contributed by atoms with Crippen LogP contribution in [0, 0.1) is 13.8 Å². The summed E-state index contributed by atoms with van der Waals surface area (Å²) < 4.78 is 0. The topological polar surface area (TPSA) is 18.5 Å². The van der Waals surface area contributed by atoms with E-state index >= 15 is 0 Å². The molecule has 1 aliphatic rings. The van der Waals surface area contributed by atoms with E-state index in [1.807, 2.05) is 0 Å². The van der Waals surface area contributed by atoms with E-state index in [1.54, 1.807) is 0 Å². The monoisotopic (exact) mass is 261 g/mol. The van der Waals surface area contributed by atoms with Gasteiger partial charge in [-0.15, -0.1) is 0 Å². The first-order valence-electron chi connectivity index (χ1n) is 7.38. The first kappa shape index (κ1) is 14.4. The molecule has 0 amide bonds. The molecule has 0 spiro atoms. The molecule has 1 saturated heterocycles. The number of hydrogen-bond acceptors (Lipinski definition) is 3. The minimum absolute atomic E-state index is 1.07. The van der Waals surface area contributed by atoms with Crippen molar-refractivity contribution in [1.29, 1.82) is 0 Å². The van der Waals surface area contributed by atoms with Gasteiger partial charge in [-0.3, -0.25) is 0 Å². The van der Waals surface area contributed by atoms with Crippen LogP contribution in [0.2, 0.25) is 0 Å². The smallest absolute Gasteiger partial charge is 0.0399 e. The Hall–Kier alpha value is -1.06. The van der Waals surface area contributed by atoms with Gasteiger partial charge in [0.15, 0.2) is 0 Å². The highest BCUT2D eigenvalue weighted by Gasteiger charge is 2.12. The van der Waals surface area contributed by atoms with E-state index in [0.717, 1.165) is 6.54 Å². The third kappa shape index (κ3) is 4.22. The molecule has 1 aromatic carbocycles. The Labute approximate surface area is 117 Å². The Morgan fingerprint density at radius 1 is 1.05 bits per heavy atom. The Kier molecular flexibility index (Phi) is 5.23. The predicted octanol–water partition coefficient (Wildman–Crippen LogP) is 2.35. The summed E-state index contributed by atoms with van der Waals surface area (Å²) >= 11 is 0. The van der Waals surface area contributed by atoms with Crippen molar-refractivity contribution in [2.45, 2.75) is 20.3 Å². The van der Waals surface area contributed by atoms with Gasteiger partial charge in [-0.1, -0.05) is 18.2 Å². The van der Waals surface area contributed by atoms with Crippen LogP contribution < -0.4 is 5.32 Å². The number of piperazine rings is 1. The zero-order valence-electron chi connectivity index (χ0n) is 12.6. The number of benzene rings is 1. The molecule has 0 unspecified atom stereocenters. The first-order valence-corrected chi connectivity index (χ1v) is 7.38. The maximum absolute atomic E-state index is 3.59. The standard InChI is InChI=1S/C16H27N3/c1-14-6-4-7-15(2)16(14)17-8-5-9-19-12-10-18(3)11-13-19/h4,6-7,17H,5,8-13H2,1-3H3. The highest BCUT2D eigenvalue weighted by atomic mass is 15.2. The molecule has 3 heteroatoms. The van der Waals surface area contributed by atoms with Gasteiger partial charge in [-0.25, -0.2) is 0 Å². The highest BCUT2D eigenvalue weighted by Crippen LogP contribution is 2.19. The van der Waals surface area contributed by atoms with Crippen molar-refractivity contribution in [3.05, 3.63) is 29.3 Å². The number of nitrogens with one attached hydrogen (secondary N) is 1. The van der Waals surface area contributed by atoms with Crippen LogP contribution in [-0.2, 0) is 0 Å². The van der Waals surface area contributed by atoms with Gasteiger partial charge in [-0.2, -0.15) is 0 Å². The van der Waals surface area contributed by atoms with Crippen LogP contribution in [0.4, 0.5) is 5.69 Å². The van der Waals surface area contributed by atoms with Crippen LogP contribution in [0.5, 0.6) is 0 Å². The molecule has 1 aromatic rings. The van der Waals surface area contributed by atoms with Gasteiger partial charge in [0.05, 0.1) is 0 Å². The zero-order valence-corrected chi connectivity index (χ0v) is 12.6. The van der Waals surface area contributed by atoms with E-state index < -0.39 is 0 Å². The largest absolute Gasteiger partial charge is 0.385 e. The van der Waals surface area contributed by atoms with Crippen molar-refractivity contribution in [3.8, 4) is 0 Å². The summed E-state index contributed by atoms with van der Waals surface area (Å²) in [4.78, 5) is 4.98. The zero-order chi connectivity index (χ0) is 13.7. The fourth-order valence-corrected chi connectivity index (χ4v) is 2.68. The Morgan fingerprint density at radius 3 is 2.32 bits per heavy atom. The van der Waals surface area contributed by atoms with Crippen LogP contribution in [0.1, 0.15) is 17.5 Å². The molecule has 0 atom stereocenters. The van der Waals surface area contributed by atoms with Crippen LogP contribution >= 0.6 is 0 Å². The summed E-state index contributed by atoms with van der Waals surface area (Å²) in [5.74, 6) is 0. The fourth-order valence-electron chi connectivity index (χ4n) is 2.68. The van der Waals surface area contributed by atoms with Gasteiger partial charge in [0.1, 0.15) is 0 Å². The van der Waals surface area contributed by atoms with E-state index in [9.17, 15) is 0 Å². The summed E-state index contributed by atoms with van der Waals surface area (Å²) in [5, 5.41) is 3.59. The molecule has 0 aromatic heterocycles. The van der Waals surface area contributed by atoms with Gasteiger partial charge in [0.2, 0.25) is 0 Å². The lowest BCUT2D eigenvalue weighted by atomic mass is 10.1. The van der Waals surface area contributed by atoms with Crippen molar-refractivity contribution < 1.29 is 0 Å². The summed E-state index contributed by atoms with van der Waals surface area (Å²) in [7, 11) is 2.21. The number of nitrogens with zero attached hydrogens (tertiary/aromatic N) is 2. The second kappa shape index (κ2) is 6.92. The van der Waals surface area contributed by atoms with E-state index in [4.69, 9.17) is 0 Å². The Bertz CT molecular complexity index is 375. The normalized spacial score (nSPS) is 17.6. The second-order valence-electron chi connectivity index (χ2n) is 5.69. The molecule has 0 bridgehead atoms. The van der Waals surface area contributed by atoms with Gasteiger partial charge >= 0.3 is 0 Å². The van der Waals surface area contributed by atoms with E-state index in [2.05, 4.69) is 54.2 Å². The van der Waals surface area contributed by atoms with Crippen LogP contribution in [0.3, 0.4) is 0 Å². The van der Waals surface area contributed by atoms with E-state index in [-0.39, 0.29) is 0 Å². The molecule has 1 fully saturated rings. The fraction of sp³-hybridized carbons (Fsp3) is 0.625. The molecule has 0 aliphatic carbocycles. The van der Waals surface area contributed by atoms with Crippen molar-refractivity contribution in [2.75, 3.05) is 51.6 Å². The van der Waals surface area contributed by atoms with E-state index in [0.29, 0.717) is 0 Å². The lowest BCUT2D eigenvalue weighted by Crippen LogP contribution is -2.44. The predicted molar refractivity (Wildman–Crippen MR) is 83.0 cm³/mol. The maximum atomic E-state index is 3.59. The quantitative estimate of drug-likeness (QED) is 0.821. The number of likely N-dealkylation sites (N-methyl/N-ethyl adjacent to an activating group) is 1. The van der Waals surface area contributed by atoms with E-state index in [1.165, 1.54) is 56.0 Å². The SMILES string of the molecule is Cc1cccc(C)c1NCCCN1CCN(C)CC1. The minimum Gasteiger partial charge on any atom is -0.385 e. The average molecular weight is 261 g/mol. The Balaban J connectivity index is 1.69. The molecule has 1 heterocycles. The molecule has 19 heavy (non-hydrogen) atoms. The average Bonchev–Trinajstić information content (AvgIpc) is 2.39. The van der Waals surface area contributed by atoms with Crippen molar-refractivity contribution >= 4 is 5.69 Å². The summed E-state index contributed by atoms with van der Waals surface area (Å²) in [6.07, 6.45) is 1.22. The van der Waals surface area contributed by atoms with Crippen molar-refractivity contribution in [1.82, 2.24) is 9.80 Å². The molecule has 106 valence electrons. The molecular weight excluding hydrogens is 234 g/mol. The molecule has 1 aliphatic heterocycles. The summed E-state index contributed by atoms with van der Waals surface area (Å²) in [6.45, 7) is 11.5. The van der Waals surface area contributed by atoms with Crippen LogP contribution in [-0.4, -0.2) is 56.1 Å². The molecule has 2 rings (SSSR count). The molecule has 1 N–H and O–H groups in total. The third-order valence-corrected chi connectivity index (χ3v) is 4.03. The van der Waals surface area contributed by atoms with Crippen molar-refractivity contribution in [3.63, 3.8) is 0 Å². The number of hydrogen-bond donors (Lipinski definition) is 1. The number of aryl methyl sites for hydroxylation is 2.